The molecule has 0 aliphatic rings. The van der Waals surface area contributed by atoms with Gasteiger partial charge in [0.1, 0.15) is 10.7 Å². The molecule has 7 nitrogen and oxygen atoms in total. The Balaban J connectivity index is 1.83. The standard InChI is InChI=1S/C19H12ClF6N5O2S/c1-9-16(34(2,32)30-11-4-5-12(13(20)7-11)18(21,22)23)31-8-10(3-6-14(31)27-9)15-28-17(33-29-15)19(24,25)26/h3-8H,1-2H3. The third-order valence-electron chi connectivity index (χ3n) is 4.56. The van der Waals surface area contributed by atoms with Crippen LogP contribution in [-0.4, -0.2) is 30.0 Å². The van der Waals surface area contributed by atoms with Crippen LogP contribution in [0.25, 0.3) is 17.0 Å². The van der Waals surface area contributed by atoms with E-state index in [0.29, 0.717) is 5.65 Å². The first kappa shape index (κ1) is 24.0. The largest absolute Gasteiger partial charge is 0.471 e. The van der Waals surface area contributed by atoms with Crippen LogP contribution in [0.3, 0.4) is 0 Å². The van der Waals surface area contributed by atoms with E-state index in [9.17, 15) is 30.6 Å². The highest BCUT2D eigenvalue weighted by Gasteiger charge is 2.38. The Morgan fingerprint density at radius 3 is 2.35 bits per heavy atom. The van der Waals surface area contributed by atoms with Crippen molar-refractivity contribution in [1.29, 1.82) is 0 Å². The van der Waals surface area contributed by atoms with Crippen LogP contribution in [0.1, 0.15) is 17.1 Å². The van der Waals surface area contributed by atoms with Crippen molar-refractivity contribution in [1.82, 2.24) is 19.5 Å². The third-order valence-corrected chi connectivity index (χ3v) is 6.64. The van der Waals surface area contributed by atoms with Gasteiger partial charge in [0, 0.05) is 18.0 Å². The molecule has 4 aromatic rings. The van der Waals surface area contributed by atoms with Crippen LogP contribution >= 0.6 is 11.6 Å². The summed E-state index contributed by atoms with van der Waals surface area (Å²) >= 11 is 5.72. The number of hydrogen-bond acceptors (Lipinski definition) is 6. The van der Waals surface area contributed by atoms with Gasteiger partial charge in [-0.1, -0.05) is 16.8 Å². The minimum atomic E-state index is -4.83. The molecule has 0 aliphatic carbocycles. The zero-order valence-corrected chi connectivity index (χ0v) is 18.6. The number of rotatable bonds is 3. The molecule has 1 aromatic carbocycles. The van der Waals surface area contributed by atoms with Crippen molar-refractivity contribution < 1.29 is 35.1 Å². The molecule has 0 fully saturated rings. The Labute approximate surface area is 192 Å². The molecule has 1 unspecified atom stereocenters. The highest BCUT2D eigenvalue weighted by molar-refractivity contribution is 7.93. The van der Waals surface area contributed by atoms with Crippen LogP contribution in [0.15, 0.2) is 50.4 Å². The van der Waals surface area contributed by atoms with Gasteiger partial charge in [-0.3, -0.25) is 4.40 Å². The van der Waals surface area contributed by atoms with Gasteiger partial charge >= 0.3 is 18.2 Å². The average Bonchev–Trinajstić information content (AvgIpc) is 3.30. The SMILES string of the molecule is Cc1nc2ccc(-c3noc(C(F)(F)F)n3)cn2c1S(C)(=O)=Nc1ccc(C(F)(F)F)c(Cl)c1. The van der Waals surface area contributed by atoms with E-state index in [0.717, 1.165) is 18.2 Å². The summed E-state index contributed by atoms with van der Waals surface area (Å²) in [5, 5.41) is 2.79. The van der Waals surface area contributed by atoms with Gasteiger partial charge in [0.25, 0.3) is 0 Å². The van der Waals surface area contributed by atoms with Crippen molar-refractivity contribution in [3.63, 3.8) is 0 Å². The minimum absolute atomic E-state index is 0.0657. The maximum Gasteiger partial charge on any atom is 0.471 e. The molecular formula is C19H12ClF6N5O2S. The zero-order valence-electron chi connectivity index (χ0n) is 17.1. The molecule has 0 aliphatic heterocycles. The fourth-order valence-corrected chi connectivity index (χ4v) is 5.21. The van der Waals surface area contributed by atoms with Crippen LogP contribution in [-0.2, 0) is 22.1 Å². The molecule has 0 saturated carbocycles. The van der Waals surface area contributed by atoms with E-state index in [4.69, 9.17) is 11.6 Å². The lowest BCUT2D eigenvalue weighted by molar-refractivity contribution is -0.159. The fraction of sp³-hybridized carbons (Fsp3) is 0.211. The molecule has 34 heavy (non-hydrogen) atoms. The number of hydrogen-bond donors (Lipinski definition) is 0. The topological polar surface area (TPSA) is 85.6 Å². The van der Waals surface area contributed by atoms with Gasteiger partial charge in [-0.2, -0.15) is 35.7 Å². The van der Waals surface area contributed by atoms with Crippen LogP contribution < -0.4 is 0 Å². The van der Waals surface area contributed by atoms with Crippen LogP contribution in [0.5, 0.6) is 0 Å². The summed E-state index contributed by atoms with van der Waals surface area (Å²) in [7, 11) is -3.32. The second-order valence-electron chi connectivity index (χ2n) is 7.12. The summed E-state index contributed by atoms with van der Waals surface area (Å²) < 4.78 is 100. The number of aromatic nitrogens is 4. The molecule has 180 valence electrons. The Kier molecular flexibility index (Phi) is 5.63. The number of alkyl halides is 6. The van der Waals surface area contributed by atoms with Crippen molar-refractivity contribution in [2.24, 2.45) is 4.36 Å². The number of benzene rings is 1. The van der Waals surface area contributed by atoms with E-state index in [1.54, 1.807) is 0 Å². The molecule has 0 bridgehead atoms. The normalized spacial score (nSPS) is 14.4. The average molecular weight is 524 g/mol. The number of pyridine rings is 1. The van der Waals surface area contributed by atoms with E-state index in [2.05, 4.69) is 24.0 Å². The Hall–Kier alpha value is -3.13. The second kappa shape index (κ2) is 7.98. The van der Waals surface area contributed by atoms with E-state index in [1.807, 2.05) is 0 Å². The molecular weight excluding hydrogens is 512 g/mol. The summed E-state index contributed by atoms with van der Waals surface area (Å²) in [4.78, 5) is 7.59. The number of imidazole rings is 1. The maximum absolute atomic E-state index is 13.5. The van der Waals surface area contributed by atoms with Crippen LogP contribution in [0, 0.1) is 6.92 Å². The van der Waals surface area contributed by atoms with Crippen molar-refractivity contribution in [2.45, 2.75) is 24.3 Å². The first-order valence-electron chi connectivity index (χ1n) is 9.16. The lowest BCUT2D eigenvalue weighted by Gasteiger charge is -2.10. The smallest absolute Gasteiger partial charge is 0.329 e. The lowest BCUT2D eigenvalue weighted by Crippen LogP contribution is -2.06. The van der Waals surface area contributed by atoms with Crippen LogP contribution in [0.4, 0.5) is 32.0 Å². The summed E-state index contributed by atoms with van der Waals surface area (Å²) in [6, 6.07) is 5.54. The fourth-order valence-electron chi connectivity index (χ4n) is 3.22. The van der Waals surface area contributed by atoms with Gasteiger partial charge in [-0.25, -0.2) is 9.19 Å². The summed E-state index contributed by atoms with van der Waals surface area (Å²) in [6.07, 6.45) is -6.93. The predicted octanol–water partition coefficient (Wildman–Crippen LogP) is 6.17. The molecule has 0 saturated heterocycles. The van der Waals surface area contributed by atoms with E-state index in [1.165, 1.54) is 35.9 Å². The molecule has 3 heterocycles. The van der Waals surface area contributed by atoms with Crippen LogP contribution in [0.2, 0.25) is 5.02 Å². The van der Waals surface area contributed by atoms with Gasteiger partial charge in [0.05, 0.1) is 31.7 Å². The Bertz CT molecular complexity index is 1530. The maximum atomic E-state index is 13.5. The summed E-state index contributed by atoms with van der Waals surface area (Å²) in [5.41, 5.74) is -0.437. The summed E-state index contributed by atoms with van der Waals surface area (Å²) in [6.45, 7) is 1.54. The third kappa shape index (κ3) is 4.46. The molecule has 15 heteroatoms. The van der Waals surface area contributed by atoms with Crippen molar-refractivity contribution in [3.05, 3.63) is 58.7 Å². The monoisotopic (exact) mass is 523 g/mol. The minimum Gasteiger partial charge on any atom is -0.329 e. The van der Waals surface area contributed by atoms with Gasteiger partial charge < -0.3 is 4.52 Å². The molecule has 0 radical (unpaired) electrons. The highest BCUT2D eigenvalue weighted by Crippen LogP contribution is 2.37. The van der Waals surface area contributed by atoms with Crippen molar-refractivity contribution in [3.8, 4) is 11.4 Å². The number of halogens is 7. The van der Waals surface area contributed by atoms with E-state index in [-0.39, 0.29) is 27.8 Å². The summed E-state index contributed by atoms with van der Waals surface area (Å²) in [5.74, 6) is -1.89. The predicted molar refractivity (Wildman–Crippen MR) is 109 cm³/mol. The molecule has 0 amide bonds. The molecule has 4 rings (SSSR count). The van der Waals surface area contributed by atoms with Gasteiger partial charge in [-0.05, 0) is 37.3 Å². The number of fused-ring (bicyclic) bond motifs is 1. The lowest BCUT2D eigenvalue weighted by atomic mass is 10.2. The van der Waals surface area contributed by atoms with Gasteiger partial charge in [0.15, 0.2) is 0 Å². The first-order valence-corrected chi connectivity index (χ1v) is 11.5. The zero-order chi connectivity index (χ0) is 25.1. The van der Waals surface area contributed by atoms with E-state index < -0.39 is 38.6 Å². The molecule has 3 aromatic heterocycles. The molecule has 1 atom stereocenters. The van der Waals surface area contributed by atoms with Crippen molar-refractivity contribution >= 4 is 32.7 Å². The van der Waals surface area contributed by atoms with Crippen molar-refractivity contribution in [2.75, 3.05) is 6.26 Å². The Morgan fingerprint density at radius 2 is 1.76 bits per heavy atom. The molecule has 0 spiro atoms. The first-order chi connectivity index (χ1) is 15.7. The quantitative estimate of drug-likeness (QED) is 0.300. The number of nitrogens with zero attached hydrogens (tertiary/aromatic N) is 5. The second-order valence-corrected chi connectivity index (χ2v) is 9.71. The van der Waals surface area contributed by atoms with Gasteiger partial charge in [0.2, 0.25) is 5.82 Å². The Morgan fingerprint density at radius 1 is 1.06 bits per heavy atom. The van der Waals surface area contributed by atoms with Gasteiger partial charge in [-0.15, -0.1) is 0 Å². The number of aryl methyl sites for hydroxylation is 1. The molecule has 0 N–H and O–H groups in total. The highest BCUT2D eigenvalue weighted by atomic mass is 35.5. The van der Waals surface area contributed by atoms with E-state index >= 15 is 0 Å².